The van der Waals surface area contributed by atoms with Crippen molar-refractivity contribution in [1.82, 2.24) is 10.6 Å². The van der Waals surface area contributed by atoms with Gasteiger partial charge in [-0.15, -0.1) is 0 Å². The molecule has 0 spiro atoms. The van der Waals surface area contributed by atoms with E-state index in [1.165, 1.54) is 0 Å². The van der Waals surface area contributed by atoms with Gasteiger partial charge in [-0.3, -0.25) is 10.1 Å². The van der Waals surface area contributed by atoms with E-state index in [4.69, 9.17) is 4.74 Å². The van der Waals surface area contributed by atoms with Gasteiger partial charge in [0, 0.05) is 11.6 Å². The Hall–Kier alpha value is -1.60. The average Bonchev–Trinajstić information content (AvgIpc) is 2.52. The van der Waals surface area contributed by atoms with Crippen LogP contribution in [0, 0.1) is 0 Å². The minimum atomic E-state index is -0.447. The van der Waals surface area contributed by atoms with E-state index in [2.05, 4.69) is 26.6 Å². The van der Waals surface area contributed by atoms with E-state index in [1.807, 2.05) is 44.3 Å². The molecule has 0 saturated carbocycles. The normalized spacial score (nSPS) is 13.1. The first-order valence-electron chi connectivity index (χ1n) is 7.64. The highest BCUT2D eigenvalue weighted by Crippen LogP contribution is 2.26. The largest absolute Gasteiger partial charge is 0.496 e. The van der Waals surface area contributed by atoms with Crippen molar-refractivity contribution < 1.29 is 19.6 Å². The molecule has 0 aliphatic carbocycles. The molecule has 4 N–H and O–H groups in total. The lowest BCUT2D eigenvalue weighted by atomic mass is 10.1. The van der Waals surface area contributed by atoms with E-state index >= 15 is 0 Å². The van der Waals surface area contributed by atoms with Crippen LogP contribution in [-0.4, -0.2) is 31.6 Å². The lowest BCUT2D eigenvalue weighted by Crippen LogP contribution is -2.87. The number of benzene rings is 1. The maximum Gasteiger partial charge on any atom is 0.321 e. The highest BCUT2D eigenvalue weighted by Gasteiger charge is 2.15. The second-order valence-corrected chi connectivity index (χ2v) is 6.31. The maximum absolute atomic E-state index is 11.8. The number of hydrogen-bond acceptors (Lipinski definition) is 3. The number of halogens is 1. The van der Waals surface area contributed by atoms with Gasteiger partial charge in [0.25, 0.3) is 5.91 Å². The number of nitrogens with two attached hydrogens (primary N) is 1. The number of amides is 3. The van der Waals surface area contributed by atoms with Crippen LogP contribution in [0.15, 0.2) is 22.7 Å². The van der Waals surface area contributed by atoms with Crippen molar-refractivity contribution in [2.45, 2.75) is 39.3 Å². The molecule has 0 aromatic heterocycles. The Morgan fingerprint density at radius 2 is 2.04 bits per heavy atom. The summed E-state index contributed by atoms with van der Waals surface area (Å²) in [4.78, 5) is 23.4. The summed E-state index contributed by atoms with van der Waals surface area (Å²) in [5.41, 5.74) is 1.06. The Morgan fingerprint density at radius 1 is 1.35 bits per heavy atom. The molecule has 128 valence electrons. The van der Waals surface area contributed by atoms with Crippen molar-refractivity contribution in [2.75, 3.05) is 13.7 Å². The number of methoxy groups -OCH3 is 1. The van der Waals surface area contributed by atoms with Crippen molar-refractivity contribution in [2.24, 2.45) is 0 Å². The quantitative estimate of drug-likeness (QED) is 0.666. The van der Waals surface area contributed by atoms with E-state index in [0.29, 0.717) is 0 Å². The monoisotopic (exact) mass is 386 g/mol. The zero-order chi connectivity index (χ0) is 17.4. The summed E-state index contributed by atoms with van der Waals surface area (Å²) >= 11 is 3.45. The molecule has 0 aliphatic rings. The van der Waals surface area contributed by atoms with Gasteiger partial charge >= 0.3 is 6.03 Å². The Kier molecular flexibility index (Phi) is 8.05. The lowest BCUT2D eigenvalue weighted by molar-refractivity contribution is -0.682. The molecule has 0 radical (unpaired) electrons. The number of imide groups is 1. The molecule has 3 amide bonds. The zero-order valence-corrected chi connectivity index (χ0v) is 15.6. The average molecular weight is 387 g/mol. The van der Waals surface area contributed by atoms with Crippen molar-refractivity contribution in [3.8, 4) is 5.75 Å². The van der Waals surface area contributed by atoms with Crippen molar-refractivity contribution in [3.63, 3.8) is 0 Å². The standard InChI is InChI=1S/C16H24BrN3O3/c1-5-10(2)19-16(22)20-15(21)9-18-11(3)12-6-7-14(23-4)13(17)8-12/h6-8,10-11,18H,5,9H2,1-4H3,(H2,19,20,21,22)/p+1/t10-,11+/m0/s1. The Bertz CT molecular complexity index is 551. The lowest BCUT2D eigenvalue weighted by Gasteiger charge is -2.14. The van der Waals surface area contributed by atoms with E-state index in [0.717, 1.165) is 22.2 Å². The molecule has 1 rings (SSSR count). The molecule has 0 saturated heterocycles. The Labute approximate surface area is 145 Å². The summed E-state index contributed by atoms with van der Waals surface area (Å²) in [5.74, 6) is 0.450. The smallest absolute Gasteiger partial charge is 0.321 e. The second kappa shape index (κ2) is 9.52. The van der Waals surface area contributed by atoms with Crippen LogP contribution in [0.4, 0.5) is 4.79 Å². The molecule has 0 unspecified atom stereocenters. The first-order chi connectivity index (χ1) is 10.9. The molecule has 6 nitrogen and oxygen atoms in total. The summed E-state index contributed by atoms with van der Waals surface area (Å²) in [7, 11) is 1.62. The molecule has 0 heterocycles. The summed E-state index contributed by atoms with van der Waals surface area (Å²) in [6.45, 7) is 6.04. The van der Waals surface area contributed by atoms with E-state index in [-0.39, 0.29) is 24.5 Å². The van der Waals surface area contributed by atoms with Gasteiger partial charge in [0.1, 0.15) is 11.8 Å². The van der Waals surface area contributed by atoms with Crippen molar-refractivity contribution in [1.29, 1.82) is 0 Å². The number of urea groups is 1. The van der Waals surface area contributed by atoms with Gasteiger partial charge in [-0.2, -0.15) is 0 Å². The highest BCUT2D eigenvalue weighted by molar-refractivity contribution is 9.10. The van der Waals surface area contributed by atoms with Crippen LogP contribution in [-0.2, 0) is 4.79 Å². The van der Waals surface area contributed by atoms with E-state index in [9.17, 15) is 9.59 Å². The fraction of sp³-hybridized carbons (Fsp3) is 0.500. The van der Waals surface area contributed by atoms with Crippen LogP contribution in [0.1, 0.15) is 38.8 Å². The van der Waals surface area contributed by atoms with Gasteiger partial charge in [0.2, 0.25) is 0 Å². The molecule has 0 bridgehead atoms. The third-order valence-electron chi connectivity index (χ3n) is 3.60. The van der Waals surface area contributed by atoms with Crippen LogP contribution in [0.25, 0.3) is 0 Å². The van der Waals surface area contributed by atoms with Gasteiger partial charge in [-0.25, -0.2) is 4.79 Å². The van der Waals surface area contributed by atoms with Gasteiger partial charge < -0.3 is 15.4 Å². The highest BCUT2D eigenvalue weighted by atomic mass is 79.9. The number of carbonyl (C=O) groups excluding carboxylic acids is 2. The minimum absolute atomic E-state index is 0.0438. The summed E-state index contributed by atoms with van der Waals surface area (Å²) in [6, 6.07) is 5.48. The Morgan fingerprint density at radius 3 is 2.61 bits per heavy atom. The molecule has 1 aromatic carbocycles. The predicted molar refractivity (Wildman–Crippen MR) is 92.3 cm³/mol. The van der Waals surface area contributed by atoms with Crippen LogP contribution in [0.5, 0.6) is 5.75 Å². The molecule has 23 heavy (non-hydrogen) atoms. The molecular weight excluding hydrogens is 362 g/mol. The van der Waals surface area contributed by atoms with E-state index < -0.39 is 6.03 Å². The summed E-state index contributed by atoms with van der Waals surface area (Å²) in [6.07, 6.45) is 0.817. The van der Waals surface area contributed by atoms with Crippen molar-refractivity contribution >= 4 is 27.9 Å². The number of carbonyl (C=O) groups is 2. The SMILES string of the molecule is CC[C@H](C)NC(=O)NC(=O)C[NH2+][C@H](C)c1ccc(OC)c(Br)c1. The number of rotatable bonds is 7. The first kappa shape index (κ1) is 19.4. The van der Waals surface area contributed by atoms with Crippen LogP contribution in [0.2, 0.25) is 0 Å². The first-order valence-corrected chi connectivity index (χ1v) is 8.43. The summed E-state index contributed by atoms with van der Waals surface area (Å²) < 4.78 is 6.07. The molecule has 7 heteroatoms. The summed E-state index contributed by atoms with van der Waals surface area (Å²) in [5, 5.41) is 6.90. The third kappa shape index (κ3) is 6.58. The fourth-order valence-corrected chi connectivity index (χ4v) is 2.48. The number of hydrogen-bond donors (Lipinski definition) is 3. The molecule has 0 fully saturated rings. The molecular formula is C16H25BrN3O3+. The number of nitrogens with one attached hydrogen (secondary N) is 2. The number of quaternary nitrogens is 1. The fourth-order valence-electron chi connectivity index (χ4n) is 1.93. The van der Waals surface area contributed by atoms with Gasteiger partial charge in [0.05, 0.1) is 11.6 Å². The topological polar surface area (TPSA) is 84.0 Å². The van der Waals surface area contributed by atoms with Gasteiger partial charge in [-0.05, 0) is 54.4 Å². The van der Waals surface area contributed by atoms with Gasteiger partial charge in [0.15, 0.2) is 6.54 Å². The minimum Gasteiger partial charge on any atom is -0.496 e. The molecule has 0 aliphatic heterocycles. The zero-order valence-electron chi connectivity index (χ0n) is 14.0. The predicted octanol–water partition coefficient (Wildman–Crippen LogP) is 1.71. The molecule has 2 atom stereocenters. The van der Waals surface area contributed by atoms with Crippen LogP contribution in [0.3, 0.4) is 0 Å². The van der Waals surface area contributed by atoms with Crippen LogP contribution >= 0.6 is 15.9 Å². The third-order valence-corrected chi connectivity index (χ3v) is 4.22. The number of ether oxygens (including phenoxy) is 1. The molecule has 1 aromatic rings. The Balaban J connectivity index is 2.46. The van der Waals surface area contributed by atoms with Gasteiger partial charge in [-0.1, -0.05) is 6.92 Å². The van der Waals surface area contributed by atoms with Crippen LogP contribution < -0.4 is 20.7 Å². The maximum atomic E-state index is 11.8. The van der Waals surface area contributed by atoms with E-state index in [1.54, 1.807) is 7.11 Å². The van der Waals surface area contributed by atoms with Crippen molar-refractivity contribution in [3.05, 3.63) is 28.2 Å². The second-order valence-electron chi connectivity index (χ2n) is 5.45.